The van der Waals surface area contributed by atoms with Gasteiger partial charge in [0.05, 0.1) is 12.0 Å². The quantitative estimate of drug-likeness (QED) is 0.780. The minimum absolute atomic E-state index is 0.207. The Hall–Kier alpha value is -1.41. The van der Waals surface area contributed by atoms with Crippen molar-refractivity contribution in [2.24, 2.45) is 7.05 Å². The molecule has 0 bridgehead atoms. The van der Waals surface area contributed by atoms with Gasteiger partial charge in [0.1, 0.15) is 11.4 Å². The predicted molar refractivity (Wildman–Crippen MR) is 75.7 cm³/mol. The van der Waals surface area contributed by atoms with E-state index in [2.05, 4.69) is 15.9 Å². The van der Waals surface area contributed by atoms with E-state index in [0.717, 1.165) is 4.57 Å². The summed E-state index contributed by atoms with van der Waals surface area (Å²) in [6.07, 6.45) is 0. The van der Waals surface area contributed by atoms with Gasteiger partial charge in [-0.15, -0.1) is 11.3 Å². The molecule has 0 saturated carbocycles. The lowest BCUT2D eigenvalue weighted by atomic mass is 10.4. The molecule has 6 nitrogen and oxygen atoms in total. The molecule has 0 saturated heterocycles. The molecule has 8 heteroatoms. The molecule has 102 valence electrons. The number of rotatable bonds is 3. The zero-order valence-electron chi connectivity index (χ0n) is 10.3. The van der Waals surface area contributed by atoms with E-state index in [1.165, 1.54) is 15.9 Å². The molecule has 0 amide bonds. The number of hydrogen-bond acceptors (Lipinski definition) is 5. The molecule has 0 aliphatic carbocycles. The summed E-state index contributed by atoms with van der Waals surface area (Å²) in [5.74, 6) is -0.604. The maximum absolute atomic E-state index is 12.2. The molecular weight excluding hydrogens is 336 g/mol. The van der Waals surface area contributed by atoms with Gasteiger partial charge in [0, 0.05) is 16.9 Å². The number of fused-ring (bicyclic) bond motifs is 1. The molecule has 2 aromatic heterocycles. The Morgan fingerprint density at radius 3 is 2.79 bits per heavy atom. The third-order valence-corrected chi connectivity index (χ3v) is 4.58. The van der Waals surface area contributed by atoms with E-state index in [0.29, 0.717) is 14.7 Å². The highest BCUT2D eigenvalue weighted by Gasteiger charge is 2.17. The SMILES string of the molecule is CCOC(=O)Cn1c(=O)c2c(Br)csc2n(C)c1=O. The number of aromatic nitrogens is 2. The van der Waals surface area contributed by atoms with Crippen molar-refractivity contribution in [2.75, 3.05) is 6.61 Å². The van der Waals surface area contributed by atoms with E-state index < -0.39 is 17.2 Å². The summed E-state index contributed by atoms with van der Waals surface area (Å²) in [5, 5.41) is 2.14. The number of carbonyl (C=O) groups is 1. The Kier molecular flexibility index (Phi) is 3.91. The Labute approximate surface area is 120 Å². The zero-order valence-corrected chi connectivity index (χ0v) is 12.7. The smallest absolute Gasteiger partial charge is 0.332 e. The molecule has 19 heavy (non-hydrogen) atoms. The third kappa shape index (κ3) is 2.37. The second-order valence-electron chi connectivity index (χ2n) is 3.80. The predicted octanol–water partition coefficient (Wildman–Crippen LogP) is 1.09. The Bertz CT molecular complexity index is 758. The van der Waals surface area contributed by atoms with Crippen LogP contribution >= 0.6 is 27.3 Å². The van der Waals surface area contributed by atoms with Crippen LogP contribution in [-0.4, -0.2) is 21.7 Å². The van der Waals surface area contributed by atoms with E-state index in [1.807, 2.05) is 0 Å². The minimum atomic E-state index is -0.604. The molecular formula is C11H11BrN2O4S. The topological polar surface area (TPSA) is 70.3 Å². The van der Waals surface area contributed by atoms with Crippen molar-refractivity contribution in [1.82, 2.24) is 9.13 Å². The lowest BCUT2D eigenvalue weighted by Crippen LogP contribution is -2.40. The first-order valence-corrected chi connectivity index (χ1v) is 7.16. The van der Waals surface area contributed by atoms with Gasteiger partial charge < -0.3 is 4.74 Å². The van der Waals surface area contributed by atoms with E-state index in [4.69, 9.17) is 4.74 Å². The van der Waals surface area contributed by atoms with Crippen molar-refractivity contribution < 1.29 is 9.53 Å². The number of thiophene rings is 1. The van der Waals surface area contributed by atoms with Gasteiger partial charge in [0.15, 0.2) is 0 Å². The number of carbonyl (C=O) groups excluding carboxylic acids is 1. The van der Waals surface area contributed by atoms with Gasteiger partial charge in [-0.25, -0.2) is 9.36 Å². The van der Waals surface area contributed by atoms with Crippen molar-refractivity contribution in [3.8, 4) is 0 Å². The Morgan fingerprint density at radius 2 is 2.16 bits per heavy atom. The number of esters is 1. The van der Waals surface area contributed by atoms with Crippen molar-refractivity contribution >= 4 is 43.5 Å². The molecule has 2 heterocycles. The summed E-state index contributed by atoms with van der Waals surface area (Å²) in [6.45, 7) is 1.49. The lowest BCUT2D eigenvalue weighted by Gasteiger charge is -2.07. The molecule has 0 spiro atoms. The molecule has 0 radical (unpaired) electrons. The molecule has 0 aromatic carbocycles. The van der Waals surface area contributed by atoms with Crippen LogP contribution in [0.25, 0.3) is 10.2 Å². The lowest BCUT2D eigenvalue weighted by molar-refractivity contribution is -0.143. The molecule has 2 rings (SSSR count). The minimum Gasteiger partial charge on any atom is -0.465 e. The number of aryl methyl sites for hydroxylation is 1. The van der Waals surface area contributed by atoms with Gasteiger partial charge in [-0.3, -0.25) is 14.2 Å². The van der Waals surface area contributed by atoms with Crippen molar-refractivity contribution in [2.45, 2.75) is 13.5 Å². The highest BCUT2D eigenvalue weighted by molar-refractivity contribution is 9.10. The van der Waals surface area contributed by atoms with Crippen molar-refractivity contribution in [1.29, 1.82) is 0 Å². The van der Waals surface area contributed by atoms with Gasteiger partial charge in [0.2, 0.25) is 0 Å². The average molecular weight is 347 g/mol. The van der Waals surface area contributed by atoms with Crippen LogP contribution in [0, 0.1) is 0 Å². The second kappa shape index (κ2) is 5.30. The van der Waals surface area contributed by atoms with E-state index >= 15 is 0 Å². The van der Waals surface area contributed by atoms with Crippen LogP contribution in [0.2, 0.25) is 0 Å². The zero-order chi connectivity index (χ0) is 14.2. The Morgan fingerprint density at radius 1 is 1.47 bits per heavy atom. The van der Waals surface area contributed by atoms with E-state index in [1.54, 1.807) is 19.4 Å². The summed E-state index contributed by atoms with van der Waals surface area (Å²) in [5.41, 5.74) is -1.01. The first-order valence-electron chi connectivity index (χ1n) is 5.49. The number of ether oxygens (including phenoxy) is 1. The van der Waals surface area contributed by atoms with Crippen LogP contribution in [0.15, 0.2) is 19.4 Å². The third-order valence-electron chi connectivity index (χ3n) is 2.60. The summed E-state index contributed by atoms with van der Waals surface area (Å²) in [6, 6.07) is 0. The van der Waals surface area contributed by atoms with Gasteiger partial charge in [-0.2, -0.15) is 0 Å². The van der Waals surface area contributed by atoms with Crippen LogP contribution in [0.1, 0.15) is 6.92 Å². The fraction of sp³-hybridized carbons (Fsp3) is 0.364. The first kappa shape index (κ1) is 14.0. The maximum atomic E-state index is 12.2. The first-order chi connectivity index (χ1) is 8.97. The standard InChI is InChI=1S/C11H11BrN2O4S/c1-3-18-7(15)4-14-9(16)8-6(12)5-19-10(8)13(2)11(14)17/h5H,3-4H2,1-2H3. The summed E-state index contributed by atoms with van der Waals surface area (Å²) >= 11 is 4.57. The maximum Gasteiger partial charge on any atom is 0.332 e. The van der Waals surface area contributed by atoms with Crippen molar-refractivity contribution in [3.05, 3.63) is 30.7 Å². The highest BCUT2D eigenvalue weighted by atomic mass is 79.9. The van der Waals surface area contributed by atoms with E-state index in [9.17, 15) is 14.4 Å². The van der Waals surface area contributed by atoms with Crippen LogP contribution < -0.4 is 11.2 Å². The monoisotopic (exact) mass is 346 g/mol. The summed E-state index contributed by atoms with van der Waals surface area (Å²) in [4.78, 5) is 36.3. The van der Waals surface area contributed by atoms with Gasteiger partial charge in [0.25, 0.3) is 5.56 Å². The molecule has 0 aliphatic heterocycles. The number of halogens is 1. The Balaban J connectivity index is 2.68. The normalized spacial score (nSPS) is 10.9. The van der Waals surface area contributed by atoms with Gasteiger partial charge >= 0.3 is 11.7 Å². The molecule has 2 aromatic rings. The fourth-order valence-corrected chi connectivity index (χ4v) is 3.39. The molecule has 0 N–H and O–H groups in total. The van der Waals surface area contributed by atoms with Crippen LogP contribution in [0.3, 0.4) is 0 Å². The van der Waals surface area contributed by atoms with Crippen LogP contribution in [-0.2, 0) is 23.1 Å². The fourth-order valence-electron chi connectivity index (χ4n) is 1.73. The molecule has 0 atom stereocenters. The summed E-state index contributed by atoms with van der Waals surface area (Å²) < 4.78 is 7.62. The molecule has 0 fully saturated rings. The highest BCUT2D eigenvalue weighted by Crippen LogP contribution is 2.25. The van der Waals surface area contributed by atoms with E-state index in [-0.39, 0.29) is 13.2 Å². The van der Waals surface area contributed by atoms with Gasteiger partial charge in [-0.05, 0) is 22.9 Å². The van der Waals surface area contributed by atoms with Crippen LogP contribution in [0.4, 0.5) is 0 Å². The molecule has 0 unspecified atom stereocenters. The van der Waals surface area contributed by atoms with Crippen molar-refractivity contribution in [3.63, 3.8) is 0 Å². The largest absolute Gasteiger partial charge is 0.465 e. The molecule has 0 aliphatic rings. The van der Waals surface area contributed by atoms with Crippen LogP contribution in [0.5, 0.6) is 0 Å². The van der Waals surface area contributed by atoms with Gasteiger partial charge in [-0.1, -0.05) is 0 Å². The average Bonchev–Trinajstić information content (AvgIpc) is 2.74. The summed E-state index contributed by atoms with van der Waals surface area (Å²) in [7, 11) is 1.56. The second-order valence-corrected chi connectivity index (χ2v) is 5.51. The number of hydrogen-bond donors (Lipinski definition) is 0. The number of nitrogens with zero attached hydrogens (tertiary/aromatic N) is 2.